The standard InChI is InChI=1S/C22H21FN4O4/c23-17-4-1-3-16(13-17)22(28)26-10-8-25(9-11-26)18-6-7-21(27(29)30)20(14-18)24-15-19-5-2-12-31-19/h1-7,12-14,24H,8-11,15H2. The molecule has 1 saturated heterocycles. The van der Waals surface area contributed by atoms with E-state index >= 15 is 0 Å². The molecule has 2 heterocycles. The smallest absolute Gasteiger partial charge is 0.292 e. The lowest BCUT2D eigenvalue weighted by Gasteiger charge is -2.36. The molecule has 1 aromatic heterocycles. The lowest BCUT2D eigenvalue weighted by atomic mass is 10.1. The summed E-state index contributed by atoms with van der Waals surface area (Å²) in [4.78, 5) is 27.3. The minimum atomic E-state index is -0.440. The number of nitro groups is 1. The van der Waals surface area contributed by atoms with Crippen LogP contribution in [0.5, 0.6) is 0 Å². The molecule has 1 amide bonds. The third-order valence-electron chi connectivity index (χ3n) is 5.21. The zero-order chi connectivity index (χ0) is 21.8. The highest BCUT2D eigenvalue weighted by Gasteiger charge is 2.24. The van der Waals surface area contributed by atoms with Crippen LogP contribution in [0.25, 0.3) is 0 Å². The minimum absolute atomic E-state index is 0.0183. The van der Waals surface area contributed by atoms with Gasteiger partial charge in [0.25, 0.3) is 11.6 Å². The van der Waals surface area contributed by atoms with Crippen molar-refractivity contribution >= 4 is 23.0 Å². The molecule has 1 aliphatic rings. The number of halogens is 1. The summed E-state index contributed by atoms with van der Waals surface area (Å²) in [5.74, 6) is 0.0257. The molecule has 31 heavy (non-hydrogen) atoms. The molecule has 9 heteroatoms. The average Bonchev–Trinajstić information content (AvgIpc) is 3.31. The van der Waals surface area contributed by atoms with Gasteiger partial charge in [0.2, 0.25) is 0 Å². The number of nitro benzene ring substituents is 1. The molecule has 0 radical (unpaired) electrons. The fourth-order valence-corrected chi connectivity index (χ4v) is 3.59. The summed E-state index contributed by atoms with van der Waals surface area (Å²) in [5.41, 5.74) is 1.53. The molecule has 0 aliphatic carbocycles. The van der Waals surface area contributed by atoms with Gasteiger partial charge in [-0.05, 0) is 42.5 Å². The number of rotatable bonds is 6. The molecule has 2 aromatic carbocycles. The van der Waals surface area contributed by atoms with Gasteiger partial charge >= 0.3 is 0 Å². The van der Waals surface area contributed by atoms with E-state index in [0.717, 1.165) is 5.69 Å². The molecule has 1 fully saturated rings. The molecule has 3 aromatic rings. The van der Waals surface area contributed by atoms with E-state index < -0.39 is 10.7 Å². The summed E-state index contributed by atoms with van der Waals surface area (Å²) in [5, 5.41) is 14.5. The normalized spacial score (nSPS) is 13.8. The van der Waals surface area contributed by atoms with Crippen LogP contribution in [-0.4, -0.2) is 41.9 Å². The number of benzene rings is 2. The lowest BCUT2D eigenvalue weighted by molar-refractivity contribution is -0.384. The largest absolute Gasteiger partial charge is 0.467 e. The Balaban J connectivity index is 1.44. The number of nitrogens with zero attached hydrogens (tertiary/aromatic N) is 3. The van der Waals surface area contributed by atoms with E-state index in [1.165, 1.54) is 24.3 Å². The maximum absolute atomic E-state index is 13.4. The first-order valence-corrected chi connectivity index (χ1v) is 9.86. The number of amides is 1. The molecule has 1 N–H and O–H groups in total. The molecule has 0 atom stereocenters. The van der Waals surface area contributed by atoms with Gasteiger partial charge in [0.1, 0.15) is 17.3 Å². The lowest BCUT2D eigenvalue weighted by Crippen LogP contribution is -2.48. The van der Waals surface area contributed by atoms with E-state index in [4.69, 9.17) is 4.42 Å². The second-order valence-corrected chi connectivity index (χ2v) is 7.18. The van der Waals surface area contributed by atoms with E-state index in [1.54, 1.807) is 41.5 Å². The molecule has 160 valence electrons. The number of anilines is 2. The van der Waals surface area contributed by atoms with Crippen LogP contribution >= 0.6 is 0 Å². The quantitative estimate of drug-likeness (QED) is 0.477. The number of hydrogen-bond donors (Lipinski definition) is 1. The van der Waals surface area contributed by atoms with Gasteiger partial charge in [0.05, 0.1) is 17.7 Å². The Bertz CT molecular complexity index is 1080. The monoisotopic (exact) mass is 424 g/mol. The number of nitrogens with one attached hydrogen (secondary N) is 1. The Kier molecular flexibility index (Phi) is 5.83. The van der Waals surface area contributed by atoms with E-state index in [2.05, 4.69) is 10.2 Å². The topological polar surface area (TPSA) is 91.9 Å². The average molecular weight is 424 g/mol. The van der Waals surface area contributed by atoms with Crippen LogP contribution in [0.4, 0.5) is 21.5 Å². The van der Waals surface area contributed by atoms with Crippen molar-refractivity contribution in [2.45, 2.75) is 6.54 Å². The Morgan fingerprint density at radius 2 is 1.90 bits per heavy atom. The maximum Gasteiger partial charge on any atom is 0.292 e. The van der Waals surface area contributed by atoms with Crippen molar-refractivity contribution in [1.82, 2.24) is 4.90 Å². The van der Waals surface area contributed by atoms with Gasteiger partial charge in [-0.15, -0.1) is 0 Å². The molecule has 0 spiro atoms. The molecule has 1 aliphatic heterocycles. The van der Waals surface area contributed by atoms with Crippen LogP contribution in [0.2, 0.25) is 0 Å². The van der Waals surface area contributed by atoms with Gasteiger partial charge in [0.15, 0.2) is 0 Å². The fraction of sp³-hybridized carbons (Fsp3) is 0.227. The summed E-state index contributed by atoms with van der Waals surface area (Å²) >= 11 is 0. The second kappa shape index (κ2) is 8.86. The number of furan rings is 1. The third kappa shape index (κ3) is 4.66. The highest BCUT2D eigenvalue weighted by molar-refractivity contribution is 5.94. The van der Waals surface area contributed by atoms with Crippen LogP contribution in [0.1, 0.15) is 16.1 Å². The van der Waals surface area contributed by atoms with E-state index in [9.17, 15) is 19.3 Å². The summed E-state index contributed by atoms with van der Waals surface area (Å²) in [6, 6.07) is 14.1. The van der Waals surface area contributed by atoms with Crippen LogP contribution in [0.15, 0.2) is 65.3 Å². The van der Waals surface area contributed by atoms with Crippen LogP contribution < -0.4 is 10.2 Å². The highest BCUT2D eigenvalue weighted by Crippen LogP contribution is 2.30. The highest BCUT2D eigenvalue weighted by atomic mass is 19.1. The first kappa shape index (κ1) is 20.4. The van der Waals surface area contributed by atoms with Crippen LogP contribution in [0.3, 0.4) is 0 Å². The number of carbonyl (C=O) groups excluding carboxylic acids is 1. The molecule has 0 saturated carbocycles. The van der Waals surface area contributed by atoms with Gasteiger partial charge in [-0.25, -0.2) is 4.39 Å². The van der Waals surface area contributed by atoms with E-state index in [-0.39, 0.29) is 11.6 Å². The molecule has 4 rings (SSSR count). The van der Waals surface area contributed by atoms with Gasteiger partial charge < -0.3 is 19.5 Å². The predicted molar refractivity (Wildman–Crippen MR) is 114 cm³/mol. The van der Waals surface area contributed by atoms with Crippen molar-refractivity contribution in [3.63, 3.8) is 0 Å². The maximum atomic E-state index is 13.4. The minimum Gasteiger partial charge on any atom is -0.467 e. The van der Waals surface area contributed by atoms with Crippen molar-refractivity contribution in [3.8, 4) is 0 Å². The molecule has 8 nitrogen and oxygen atoms in total. The number of carbonyl (C=O) groups is 1. The van der Waals surface area contributed by atoms with Gasteiger partial charge in [-0.1, -0.05) is 6.07 Å². The predicted octanol–water partition coefficient (Wildman–Crippen LogP) is 3.90. The molecular weight excluding hydrogens is 403 g/mol. The van der Waals surface area contributed by atoms with Crippen LogP contribution in [0, 0.1) is 15.9 Å². The van der Waals surface area contributed by atoms with Crippen molar-refractivity contribution in [1.29, 1.82) is 0 Å². The zero-order valence-electron chi connectivity index (χ0n) is 16.7. The zero-order valence-corrected chi connectivity index (χ0v) is 16.7. The summed E-state index contributed by atoms with van der Waals surface area (Å²) < 4.78 is 18.7. The first-order chi connectivity index (χ1) is 15.0. The molecular formula is C22H21FN4O4. The summed E-state index contributed by atoms with van der Waals surface area (Å²) in [7, 11) is 0. The Morgan fingerprint density at radius 3 is 2.58 bits per heavy atom. The summed E-state index contributed by atoms with van der Waals surface area (Å²) in [6.07, 6.45) is 1.55. The first-order valence-electron chi connectivity index (χ1n) is 9.86. The van der Waals surface area contributed by atoms with Crippen molar-refractivity contribution < 1.29 is 18.5 Å². The van der Waals surface area contributed by atoms with Crippen LogP contribution in [-0.2, 0) is 6.54 Å². The molecule has 0 bridgehead atoms. The Hall–Kier alpha value is -3.88. The van der Waals surface area contributed by atoms with Gasteiger partial charge in [-0.3, -0.25) is 14.9 Å². The van der Waals surface area contributed by atoms with Gasteiger partial charge in [0, 0.05) is 43.5 Å². The molecule has 0 unspecified atom stereocenters. The number of piperazine rings is 1. The van der Waals surface area contributed by atoms with Crippen molar-refractivity contribution in [2.75, 3.05) is 36.4 Å². The van der Waals surface area contributed by atoms with E-state index in [1.807, 2.05) is 0 Å². The summed E-state index contributed by atoms with van der Waals surface area (Å²) in [6.45, 7) is 2.41. The van der Waals surface area contributed by atoms with E-state index in [0.29, 0.717) is 49.7 Å². The number of hydrogen-bond acceptors (Lipinski definition) is 6. The SMILES string of the molecule is O=C(c1cccc(F)c1)N1CCN(c2ccc([N+](=O)[O-])c(NCc3ccco3)c2)CC1. The Morgan fingerprint density at radius 1 is 1.10 bits per heavy atom. The second-order valence-electron chi connectivity index (χ2n) is 7.18. The third-order valence-corrected chi connectivity index (χ3v) is 5.21. The van der Waals surface area contributed by atoms with Gasteiger partial charge in [-0.2, -0.15) is 0 Å². The van der Waals surface area contributed by atoms with Crippen molar-refractivity contribution in [2.24, 2.45) is 0 Å². The fourth-order valence-electron chi connectivity index (χ4n) is 3.59. The Labute approximate surface area is 178 Å². The van der Waals surface area contributed by atoms with Crippen molar-refractivity contribution in [3.05, 3.63) is 88.1 Å².